The molecule has 0 aromatic heterocycles. The first-order valence-corrected chi connectivity index (χ1v) is 8.72. The molecule has 1 unspecified atom stereocenters. The van der Waals surface area contributed by atoms with Crippen molar-refractivity contribution >= 4 is 15.9 Å². The summed E-state index contributed by atoms with van der Waals surface area (Å²) in [4.78, 5) is 0.101. The second kappa shape index (κ2) is 6.68. The van der Waals surface area contributed by atoms with Crippen LogP contribution in [0, 0.1) is 23.1 Å². The van der Waals surface area contributed by atoms with E-state index in [-0.39, 0.29) is 10.6 Å². The predicted molar refractivity (Wildman–Crippen MR) is 89.5 cm³/mol. The van der Waals surface area contributed by atoms with Crippen LogP contribution in [-0.4, -0.2) is 7.11 Å². The van der Waals surface area contributed by atoms with Gasteiger partial charge in [0.25, 0.3) is 0 Å². The van der Waals surface area contributed by atoms with Gasteiger partial charge in [-0.1, -0.05) is 42.8 Å². The van der Waals surface area contributed by atoms with Crippen LogP contribution in [0.4, 0.5) is 4.39 Å². The lowest BCUT2D eigenvalue weighted by molar-refractivity contribution is 0.149. The third kappa shape index (κ3) is 4.00. The Morgan fingerprint density at radius 3 is 2.29 bits per heavy atom. The highest BCUT2D eigenvalue weighted by Crippen LogP contribution is 2.46. The van der Waals surface area contributed by atoms with E-state index in [0.717, 1.165) is 11.5 Å². The minimum Gasteiger partial charge on any atom is -0.497 e. The van der Waals surface area contributed by atoms with Gasteiger partial charge in [0, 0.05) is 16.5 Å². The molecule has 0 amide bonds. The van der Waals surface area contributed by atoms with Gasteiger partial charge in [-0.05, 0) is 49.0 Å². The van der Waals surface area contributed by atoms with Gasteiger partial charge in [-0.3, -0.25) is 0 Å². The number of hydrogen-bond donors (Lipinski definition) is 0. The Morgan fingerprint density at radius 2 is 1.81 bits per heavy atom. The van der Waals surface area contributed by atoms with Gasteiger partial charge >= 0.3 is 0 Å². The molecule has 21 heavy (non-hydrogen) atoms. The molecular formula is C18H26BrFO. The van der Waals surface area contributed by atoms with Crippen LogP contribution in [0.5, 0.6) is 5.75 Å². The molecule has 1 aliphatic carbocycles. The fraction of sp³-hybridized carbons (Fsp3) is 0.667. The van der Waals surface area contributed by atoms with Crippen LogP contribution in [0.15, 0.2) is 18.2 Å². The first-order valence-electron chi connectivity index (χ1n) is 7.80. The van der Waals surface area contributed by atoms with Crippen molar-refractivity contribution in [2.45, 2.75) is 51.3 Å². The van der Waals surface area contributed by atoms with Gasteiger partial charge in [0.1, 0.15) is 11.6 Å². The van der Waals surface area contributed by atoms with E-state index in [4.69, 9.17) is 4.74 Å². The Balaban J connectivity index is 2.03. The standard InChI is InChI=1S/C18H26BrFO/c1-18(2,3)13-7-5-12(6-8-13)17(19)15-10-9-14(21-4)11-16(15)20/h9-13,17H,5-8H2,1-4H3. The Hall–Kier alpha value is -0.570. The van der Waals surface area contributed by atoms with Crippen molar-refractivity contribution in [3.63, 3.8) is 0 Å². The Labute approximate surface area is 136 Å². The van der Waals surface area contributed by atoms with Gasteiger partial charge in [-0.2, -0.15) is 0 Å². The number of ether oxygens (including phenoxy) is 1. The second-order valence-corrected chi connectivity index (χ2v) is 8.25. The van der Waals surface area contributed by atoms with Crippen LogP contribution in [0.25, 0.3) is 0 Å². The van der Waals surface area contributed by atoms with Crippen molar-refractivity contribution in [3.05, 3.63) is 29.6 Å². The van der Waals surface area contributed by atoms with Crippen molar-refractivity contribution < 1.29 is 9.13 Å². The lowest BCUT2D eigenvalue weighted by atomic mass is 9.69. The third-order valence-electron chi connectivity index (χ3n) is 4.92. The summed E-state index contributed by atoms with van der Waals surface area (Å²) < 4.78 is 19.3. The molecule has 3 heteroatoms. The van der Waals surface area contributed by atoms with E-state index in [9.17, 15) is 4.39 Å². The van der Waals surface area contributed by atoms with Gasteiger partial charge in [0.15, 0.2) is 0 Å². The predicted octanol–water partition coefficient (Wildman–Crippen LogP) is 6.12. The van der Waals surface area contributed by atoms with Crippen molar-refractivity contribution in [1.29, 1.82) is 0 Å². The van der Waals surface area contributed by atoms with Crippen molar-refractivity contribution in [2.24, 2.45) is 17.3 Å². The normalized spacial score (nSPS) is 24.7. The summed E-state index contributed by atoms with van der Waals surface area (Å²) in [6, 6.07) is 5.17. The molecule has 1 aliphatic rings. The molecule has 0 bridgehead atoms. The Bertz CT molecular complexity index is 473. The van der Waals surface area contributed by atoms with Crippen LogP contribution in [0.3, 0.4) is 0 Å². The van der Waals surface area contributed by atoms with Crippen molar-refractivity contribution in [1.82, 2.24) is 0 Å². The fourth-order valence-corrected chi connectivity index (χ4v) is 4.29. The van der Waals surface area contributed by atoms with Crippen molar-refractivity contribution in [3.8, 4) is 5.75 Å². The summed E-state index contributed by atoms with van der Waals surface area (Å²) >= 11 is 3.73. The van der Waals surface area contributed by atoms with E-state index in [1.165, 1.54) is 31.7 Å². The largest absolute Gasteiger partial charge is 0.497 e. The van der Waals surface area contributed by atoms with E-state index in [1.807, 2.05) is 12.1 Å². The minimum atomic E-state index is -0.172. The van der Waals surface area contributed by atoms with Gasteiger partial charge in [0.2, 0.25) is 0 Å². The molecule has 1 aromatic carbocycles. The molecule has 0 saturated heterocycles. The zero-order valence-electron chi connectivity index (χ0n) is 13.5. The molecule has 0 N–H and O–H groups in total. The summed E-state index contributed by atoms with van der Waals surface area (Å²) in [6.07, 6.45) is 4.83. The molecule has 0 radical (unpaired) electrons. The van der Waals surface area contributed by atoms with Crippen molar-refractivity contribution in [2.75, 3.05) is 7.11 Å². The van der Waals surface area contributed by atoms with Crippen LogP contribution < -0.4 is 4.74 Å². The summed E-state index contributed by atoms with van der Waals surface area (Å²) in [6.45, 7) is 6.98. The zero-order valence-corrected chi connectivity index (χ0v) is 15.0. The van der Waals surface area contributed by atoms with Crippen LogP contribution in [0.1, 0.15) is 56.8 Å². The maximum atomic E-state index is 14.2. The Kier molecular flexibility index (Phi) is 5.34. The molecule has 0 heterocycles. The highest BCUT2D eigenvalue weighted by Gasteiger charge is 2.33. The monoisotopic (exact) mass is 356 g/mol. The van der Waals surface area contributed by atoms with Crippen LogP contribution >= 0.6 is 15.9 Å². The van der Waals surface area contributed by atoms with Gasteiger partial charge in [-0.15, -0.1) is 0 Å². The maximum absolute atomic E-state index is 14.2. The van der Waals surface area contributed by atoms with E-state index in [2.05, 4.69) is 36.7 Å². The summed E-state index contributed by atoms with van der Waals surface area (Å²) in [7, 11) is 1.56. The lowest BCUT2D eigenvalue weighted by Gasteiger charge is -2.38. The first kappa shape index (κ1) is 16.8. The number of hydrogen-bond acceptors (Lipinski definition) is 1. The SMILES string of the molecule is COc1ccc(C(Br)C2CCC(C(C)(C)C)CC2)c(F)c1. The smallest absolute Gasteiger partial charge is 0.131 e. The molecule has 1 saturated carbocycles. The molecule has 1 aromatic rings. The number of alkyl halides is 1. The molecule has 0 aliphatic heterocycles. The number of methoxy groups -OCH3 is 1. The molecule has 2 rings (SSSR count). The van der Waals surface area contributed by atoms with E-state index in [0.29, 0.717) is 17.1 Å². The average Bonchev–Trinajstić information content (AvgIpc) is 2.45. The number of halogens is 2. The van der Waals surface area contributed by atoms with Gasteiger partial charge in [0.05, 0.1) is 7.11 Å². The quantitative estimate of drug-likeness (QED) is 0.592. The topological polar surface area (TPSA) is 9.23 Å². The lowest BCUT2D eigenvalue weighted by Crippen LogP contribution is -2.27. The molecule has 1 nitrogen and oxygen atoms in total. The molecule has 1 atom stereocenters. The second-order valence-electron chi connectivity index (χ2n) is 7.27. The Morgan fingerprint density at radius 1 is 1.19 bits per heavy atom. The van der Waals surface area contributed by atoms with Crippen LogP contribution in [-0.2, 0) is 0 Å². The first-order chi connectivity index (χ1) is 9.82. The third-order valence-corrected chi connectivity index (χ3v) is 6.16. The zero-order chi connectivity index (χ0) is 15.6. The van der Waals surface area contributed by atoms with E-state index in [1.54, 1.807) is 7.11 Å². The van der Waals surface area contributed by atoms with Gasteiger partial charge in [-0.25, -0.2) is 4.39 Å². The highest BCUT2D eigenvalue weighted by atomic mass is 79.9. The minimum absolute atomic E-state index is 0.101. The van der Waals surface area contributed by atoms with E-state index < -0.39 is 0 Å². The summed E-state index contributed by atoms with van der Waals surface area (Å²) in [5.41, 5.74) is 1.15. The molecule has 0 spiro atoms. The average molecular weight is 357 g/mol. The van der Waals surface area contributed by atoms with Crippen LogP contribution in [0.2, 0.25) is 0 Å². The highest BCUT2D eigenvalue weighted by molar-refractivity contribution is 9.09. The maximum Gasteiger partial charge on any atom is 0.131 e. The summed E-state index contributed by atoms with van der Waals surface area (Å²) in [5, 5.41) is 0. The molecule has 118 valence electrons. The van der Waals surface area contributed by atoms with Gasteiger partial charge < -0.3 is 4.74 Å². The molecular weight excluding hydrogens is 331 g/mol. The number of benzene rings is 1. The fourth-order valence-electron chi connectivity index (χ4n) is 3.39. The molecule has 1 fully saturated rings. The summed E-state index contributed by atoms with van der Waals surface area (Å²) in [5.74, 6) is 1.71. The number of rotatable bonds is 3. The van der Waals surface area contributed by atoms with E-state index >= 15 is 0 Å².